The summed E-state index contributed by atoms with van der Waals surface area (Å²) in [5.74, 6) is -2.16. The highest BCUT2D eigenvalue weighted by atomic mass is 16.4. The van der Waals surface area contributed by atoms with Crippen LogP contribution in [-0.2, 0) is 4.79 Å². The summed E-state index contributed by atoms with van der Waals surface area (Å²) in [5, 5.41) is 8.81. The Bertz CT molecular complexity index is 570. The van der Waals surface area contributed by atoms with Gasteiger partial charge in [0, 0.05) is 18.8 Å². The van der Waals surface area contributed by atoms with Crippen LogP contribution in [0.3, 0.4) is 0 Å². The number of piperidine rings is 1. The van der Waals surface area contributed by atoms with Crippen LogP contribution >= 0.6 is 0 Å². The van der Waals surface area contributed by atoms with Gasteiger partial charge >= 0.3 is 5.97 Å². The third-order valence-corrected chi connectivity index (χ3v) is 3.77. The summed E-state index contributed by atoms with van der Waals surface area (Å²) in [4.78, 5) is 39.9. The summed E-state index contributed by atoms with van der Waals surface area (Å²) in [6, 6.07) is 2.71. The molecule has 21 heavy (non-hydrogen) atoms. The molecule has 0 bridgehead atoms. The smallest absolute Gasteiger partial charge is 0.337 e. The monoisotopic (exact) mass is 291 g/mol. The number of carbonyl (C=O) groups is 3. The summed E-state index contributed by atoms with van der Waals surface area (Å²) < 4.78 is 0. The molecule has 1 saturated heterocycles. The first-order chi connectivity index (χ1) is 9.90. The average molecular weight is 291 g/mol. The van der Waals surface area contributed by atoms with E-state index in [0.717, 1.165) is 6.20 Å². The molecule has 1 fully saturated rings. The molecular formula is C14H17N3O4. The molecule has 1 aliphatic heterocycles. The van der Waals surface area contributed by atoms with Crippen molar-refractivity contribution in [2.75, 3.05) is 6.54 Å². The van der Waals surface area contributed by atoms with E-state index >= 15 is 0 Å². The quantitative estimate of drug-likeness (QED) is 0.842. The second-order valence-corrected chi connectivity index (χ2v) is 5.22. The predicted octanol–water partition coefficient (Wildman–Crippen LogP) is 0.506. The molecule has 0 aliphatic carbocycles. The molecule has 7 nitrogen and oxygen atoms in total. The third kappa shape index (κ3) is 3.18. The van der Waals surface area contributed by atoms with Gasteiger partial charge in [-0.25, -0.2) is 4.79 Å². The number of primary amides is 1. The summed E-state index contributed by atoms with van der Waals surface area (Å²) in [5.41, 5.74) is 5.49. The first kappa shape index (κ1) is 15.0. The Hall–Kier alpha value is -2.44. The van der Waals surface area contributed by atoms with Gasteiger partial charge in [-0.05, 0) is 31.9 Å². The van der Waals surface area contributed by atoms with Crippen molar-refractivity contribution < 1.29 is 19.5 Å². The zero-order chi connectivity index (χ0) is 15.6. The zero-order valence-electron chi connectivity index (χ0n) is 11.7. The number of aromatic carboxylic acids is 1. The molecule has 2 unspecified atom stereocenters. The Balaban J connectivity index is 2.17. The highest BCUT2D eigenvalue weighted by Crippen LogP contribution is 2.23. The maximum atomic E-state index is 12.4. The molecular weight excluding hydrogens is 274 g/mol. The number of nitrogens with zero attached hydrogens (tertiary/aromatic N) is 2. The van der Waals surface area contributed by atoms with Gasteiger partial charge in [0.1, 0.15) is 5.69 Å². The van der Waals surface area contributed by atoms with Gasteiger partial charge in [0.15, 0.2) is 0 Å². The molecule has 1 aliphatic rings. The van der Waals surface area contributed by atoms with Gasteiger partial charge in [-0.15, -0.1) is 0 Å². The van der Waals surface area contributed by atoms with Crippen LogP contribution in [0.15, 0.2) is 18.3 Å². The van der Waals surface area contributed by atoms with Crippen LogP contribution in [0, 0.1) is 5.92 Å². The Labute approximate surface area is 121 Å². The van der Waals surface area contributed by atoms with Gasteiger partial charge in [0.25, 0.3) is 5.91 Å². The molecule has 112 valence electrons. The van der Waals surface area contributed by atoms with Gasteiger partial charge in [-0.2, -0.15) is 0 Å². The fourth-order valence-corrected chi connectivity index (χ4v) is 2.42. The Morgan fingerprint density at radius 2 is 2.05 bits per heavy atom. The van der Waals surface area contributed by atoms with Gasteiger partial charge < -0.3 is 15.7 Å². The van der Waals surface area contributed by atoms with Gasteiger partial charge in [-0.3, -0.25) is 14.6 Å². The van der Waals surface area contributed by atoms with Crippen LogP contribution in [0.1, 0.15) is 40.6 Å². The zero-order valence-corrected chi connectivity index (χ0v) is 11.7. The fraction of sp³-hybridized carbons (Fsp3) is 0.429. The Morgan fingerprint density at radius 1 is 1.33 bits per heavy atom. The Kier molecular flexibility index (Phi) is 4.21. The van der Waals surface area contributed by atoms with Gasteiger partial charge in [0.2, 0.25) is 5.91 Å². The van der Waals surface area contributed by atoms with Crippen LogP contribution in [0.4, 0.5) is 0 Å². The fourth-order valence-electron chi connectivity index (χ4n) is 2.42. The van der Waals surface area contributed by atoms with E-state index in [9.17, 15) is 14.4 Å². The normalized spacial score (nSPS) is 21.9. The molecule has 0 spiro atoms. The molecule has 0 aromatic carbocycles. The lowest BCUT2D eigenvalue weighted by atomic mass is 9.92. The van der Waals surface area contributed by atoms with E-state index in [1.165, 1.54) is 12.1 Å². The van der Waals surface area contributed by atoms with Crippen LogP contribution in [0.5, 0.6) is 0 Å². The number of hydrogen-bond donors (Lipinski definition) is 2. The molecule has 1 aromatic heterocycles. The topological polar surface area (TPSA) is 114 Å². The van der Waals surface area contributed by atoms with Crippen LogP contribution in [0.25, 0.3) is 0 Å². The van der Waals surface area contributed by atoms with E-state index in [1.807, 2.05) is 6.92 Å². The number of hydrogen-bond acceptors (Lipinski definition) is 4. The maximum absolute atomic E-state index is 12.4. The van der Waals surface area contributed by atoms with Crippen molar-refractivity contribution >= 4 is 17.8 Å². The van der Waals surface area contributed by atoms with Crippen molar-refractivity contribution in [1.29, 1.82) is 0 Å². The minimum absolute atomic E-state index is 0.00551. The van der Waals surface area contributed by atoms with Crippen molar-refractivity contribution in [2.24, 2.45) is 11.7 Å². The lowest BCUT2D eigenvalue weighted by Gasteiger charge is -2.36. The second kappa shape index (κ2) is 5.90. The van der Waals surface area contributed by atoms with Crippen molar-refractivity contribution in [3.8, 4) is 0 Å². The molecule has 1 aromatic rings. The largest absolute Gasteiger partial charge is 0.478 e. The number of carboxylic acids is 1. The molecule has 2 atom stereocenters. The summed E-state index contributed by atoms with van der Waals surface area (Å²) >= 11 is 0. The minimum atomic E-state index is -1.10. The number of aromatic nitrogens is 1. The number of carbonyl (C=O) groups excluding carboxylic acids is 2. The predicted molar refractivity (Wildman–Crippen MR) is 73.6 cm³/mol. The number of nitrogens with two attached hydrogens (primary N) is 1. The average Bonchev–Trinajstić information content (AvgIpc) is 2.47. The molecule has 3 N–H and O–H groups in total. The van der Waals surface area contributed by atoms with Crippen molar-refractivity contribution in [3.63, 3.8) is 0 Å². The lowest BCUT2D eigenvalue weighted by molar-refractivity contribution is -0.123. The van der Waals surface area contributed by atoms with Crippen LogP contribution in [0.2, 0.25) is 0 Å². The molecule has 2 rings (SSSR count). The highest BCUT2D eigenvalue weighted by molar-refractivity contribution is 5.94. The SMILES string of the molecule is CC1CCC(C(N)=O)CN1C(=O)c1ccc(C(=O)O)cn1. The lowest BCUT2D eigenvalue weighted by Crippen LogP contribution is -2.48. The number of amides is 2. The van der Waals surface area contributed by atoms with E-state index < -0.39 is 11.9 Å². The van der Waals surface area contributed by atoms with Crippen molar-refractivity contribution in [3.05, 3.63) is 29.6 Å². The van der Waals surface area contributed by atoms with Crippen molar-refractivity contribution in [1.82, 2.24) is 9.88 Å². The number of pyridine rings is 1. The van der Waals surface area contributed by atoms with E-state index in [-0.39, 0.29) is 35.7 Å². The first-order valence-electron chi connectivity index (χ1n) is 6.69. The third-order valence-electron chi connectivity index (χ3n) is 3.77. The summed E-state index contributed by atoms with van der Waals surface area (Å²) in [6.07, 6.45) is 2.52. The summed E-state index contributed by atoms with van der Waals surface area (Å²) in [7, 11) is 0. The van der Waals surface area contributed by atoms with Gasteiger partial charge in [-0.1, -0.05) is 0 Å². The highest BCUT2D eigenvalue weighted by Gasteiger charge is 2.32. The number of carboxylic acid groups (broad SMARTS) is 1. The van der Waals surface area contributed by atoms with E-state index in [0.29, 0.717) is 12.8 Å². The Morgan fingerprint density at radius 3 is 2.57 bits per heavy atom. The summed E-state index contributed by atoms with van der Waals surface area (Å²) in [6.45, 7) is 2.18. The standard InChI is InChI=1S/C14H17N3O4/c1-8-2-3-10(12(15)18)7-17(8)13(19)11-5-4-9(6-16-11)14(20)21/h4-6,8,10H,2-3,7H2,1H3,(H2,15,18)(H,20,21). The number of likely N-dealkylation sites (tertiary alicyclic amines) is 1. The van der Waals surface area contributed by atoms with E-state index in [2.05, 4.69) is 4.98 Å². The van der Waals surface area contributed by atoms with Crippen LogP contribution in [-0.4, -0.2) is 45.4 Å². The van der Waals surface area contributed by atoms with E-state index in [1.54, 1.807) is 4.90 Å². The van der Waals surface area contributed by atoms with Crippen molar-refractivity contribution in [2.45, 2.75) is 25.8 Å². The molecule has 2 amide bonds. The van der Waals surface area contributed by atoms with Gasteiger partial charge in [0.05, 0.1) is 11.5 Å². The maximum Gasteiger partial charge on any atom is 0.337 e. The first-order valence-corrected chi connectivity index (χ1v) is 6.69. The van der Waals surface area contributed by atoms with Crippen LogP contribution < -0.4 is 5.73 Å². The molecule has 2 heterocycles. The minimum Gasteiger partial charge on any atom is -0.478 e. The van der Waals surface area contributed by atoms with E-state index in [4.69, 9.17) is 10.8 Å². The molecule has 7 heteroatoms. The molecule has 0 saturated carbocycles. The molecule has 0 radical (unpaired) electrons. The number of rotatable bonds is 3. The second-order valence-electron chi connectivity index (χ2n) is 5.22.